The maximum Gasteiger partial charge on any atom is 0.148 e. The van der Waals surface area contributed by atoms with Crippen molar-refractivity contribution in [3.8, 4) is 18.2 Å². The first-order valence-electron chi connectivity index (χ1n) is 4.44. The van der Waals surface area contributed by atoms with E-state index in [1.807, 2.05) is 6.07 Å². The molecule has 1 rings (SSSR count). The fraction of sp³-hybridized carbons (Fsp3) is 0. The summed E-state index contributed by atoms with van der Waals surface area (Å²) >= 11 is 0. The number of rotatable bonds is 2. The smallest absolute Gasteiger partial charge is 0.148 e. The molecule has 0 saturated carbocycles. The van der Waals surface area contributed by atoms with E-state index in [1.165, 1.54) is 0 Å². The van der Waals surface area contributed by atoms with Crippen LogP contribution in [0.3, 0.4) is 0 Å². The predicted molar refractivity (Wildman–Crippen MR) is 60.3 cm³/mol. The molecule has 0 bridgehead atoms. The second-order valence-corrected chi connectivity index (χ2v) is 2.91. The van der Waals surface area contributed by atoms with E-state index in [9.17, 15) is 0 Å². The molecule has 0 N–H and O–H groups in total. The number of allylic oxidation sites excluding steroid dienone is 2. The standard InChI is InChI=1S/C13H7N3/c1-2-10-3-5-11(6-4-10)13(9-16)12(7-14)8-15/h2-6H,1H2. The van der Waals surface area contributed by atoms with Crippen LogP contribution in [0.25, 0.3) is 11.6 Å². The summed E-state index contributed by atoms with van der Waals surface area (Å²) < 4.78 is 0. The third kappa shape index (κ3) is 2.15. The lowest BCUT2D eigenvalue weighted by Crippen LogP contribution is -1.86. The second kappa shape index (κ2) is 5.15. The van der Waals surface area contributed by atoms with Gasteiger partial charge in [-0.05, 0) is 11.1 Å². The molecule has 0 radical (unpaired) electrons. The van der Waals surface area contributed by atoms with Gasteiger partial charge in [-0.2, -0.15) is 15.8 Å². The number of hydrogen-bond acceptors (Lipinski definition) is 3. The van der Waals surface area contributed by atoms with Gasteiger partial charge in [0.15, 0.2) is 0 Å². The van der Waals surface area contributed by atoms with E-state index < -0.39 is 0 Å². The molecule has 0 spiro atoms. The first-order chi connectivity index (χ1) is 7.76. The minimum Gasteiger partial charge on any atom is -0.192 e. The SMILES string of the molecule is C=Cc1ccc(C(C#N)=C(C#N)C#N)cc1. The van der Waals surface area contributed by atoms with E-state index >= 15 is 0 Å². The Morgan fingerprint density at radius 1 is 1.00 bits per heavy atom. The lowest BCUT2D eigenvalue weighted by atomic mass is 10.0. The lowest BCUT2D eigenvalue weighted by Gasteiger charge is -1.99. The van der Waals surface area contributed by atoms with Gasteiger partial charge < -0.3 is 0 Å². The summed E-state index contributed by atoms with van der Waals surface area (Å²) in [6.45, 7) is 3.61. The maximum absolute atomic E-state index is 8.91. The molecule has 0 fully saturated rings. The van der Waals surface area contributed by atoms with Gasteiger partial charge in [-0.15, -0.1) is 0 Å². The molecule has 0 aromatic heterocycles. The Kier molecular flexibility index (Phi) is 3.62. The van der Waals surface area contributed by atoms with Crippen LogP contribution in [0, 0.1) is 34.0 Å². The van der Waals surface area contributed by atoms with E-state index in [1.54, 1.807) is 42.5 Å². The topological polar surface area (TPSA) is 71.4 Å². The number of hydrogen-bond donors (Lipinski definition) is 0. The molecule has 0 aliphatic carbocycles. The molecule has 1 aromatic carbocycles. The molecule has 0 heterocycles. The van der Waals surface area contributed by atoms with Gasteiger partial charge in [0.25, 0.3) is 0 Å². The summed E-state index contributed by atoms with van der Waals surface area (Å²) in [5.41, 5.74) is 1.40. The van der Waals surface area contributed by atoms with Gasteiger partial charge >= 0.3 is 0 Å². The molecular weight excluding hydrogens is 198 g/mol. The first-order valence-corrected chi connectivity index (χ1v) is 4.44. The number of benzene rings is 1. The van der Waals surface area contributed by atoms with Gasteiger partial charge in [0.05, 0.1) is 5.57 Å². The van der Waals surface area contributed by atoms with Crippen molar-refractivity contribution in [3.05, 3.63) is 47.5 Å². The molecule has 0 aliphatic rings. The van der Waals surface area contributed by atoms with Crippen LogP contribution in [0.1, 0.15) is 11.1 Å². The molecule has 0 amide bonds. The normalized spacial score (nSPS) is 8.06. The zero-order valence-electron chi connectivity index (χ0n) is 8.44. The predicted octanol–water partition coefficient (Wildman–Crippen LogP) is 2.65. The Labute approximate surface area is 93.8 Å². The number of nitrogens with zero attached hydrogens (tertiary/aromatic N) is 3. The Hall–Kier alpha value is -2.83. The average molecular weight is 205 g/mol. The summed E-state index contributed by atoms with van der Waals surface area (Å²) in [5.74, 6) is 0. The molecule has 16 heavy (non-hydrogen) atoms. The van der Waals surface area contributed by atoms with Crippen molar-refractivity contribution in [2.75, 3.05) is 0 Å². The Morgan fingerprint density at radius 2 is 1.56 bits per heavy atom. The zero-order chi connectivity index (χ0) is 12.0. The highest BCUT2D eigenvalue weighted by Crippen LogP contribution is 2.18. The van der Waals surface area contributed by atoms with Gasteiger partial charge in [0.1, 0.15) is 23.8 Å². The minimum atomic E-state index is -0.172. The Balaban J connectivity index is 3.33. The molecular formula is C13H7N3. The molecule has 0 saturated heterocycles. The highest BCUT2D eigenvalue weighted by atomic mass is 14.3. The van der Waals surface area contributed by atoms with Gasteiger partial charge in [-0.1, -0.05) is 36.9 Å². The van der Waals surface area contributed by atoms with Crippen molar-refractivity contribution in [1.82, 2.24) is 0 Å². The summed E-state index contributed by atoms with van der Waals surface area (Å²) in [7, 11) is 0. The minimum absolute atomic E-state index is 0.0978. The van der Waals surface area contributed by atoms with Crippen LogP contribution in [0.4, 0.5) is 0 Å². The van der Waals surface area contributed by atoms with E-state index in [0.717, 1.165) is 5.56 Å². The number of nitriles is 3. The van der Waals surface area contributed by atoms with Crippen LogP contribution in [0.15, 0.2) is 36.4 Å². The van der Waals surface area contributed by atoms with E-state index in [2.05, 4.69) is 6.58 Å². The van der Waals surface area contributed by atoms with Crippen molar-refractivity contribution in [2.24, 2.45) is 0 Å². The zero-order valence-corrected chi connectivity index (χ0v) is 8.44. The highest BCUT2D eigenvalue weighted by Gasteiger charge is 2.07. The second-order valence-electron chi connectivity index (χ2n) is 2.91. The molecule has 74 valence electrons. The lowest BCUT2D eigenvalue weighted by molar-refractivity contribution is 1.45. The third-order valence-electron chi connectivity index (χ3n) is 2.02. The maximum atomic E-state index is 8.91. The summed E-state index contributed by atoms with van der Waals surface area (Å²) in [6, 6.07) is 12.2. The third-order valence-corrected chi connectivity index (χ3v) is 2.02. The van der Waals surface area contributed by atoms with Crippen molar-refractivity contribution < 1.29 is 0 Å². The van der Waals surface area contributed by atoms with Crippen LogP contribution in [-0.2, 0) is 0 Å². The van der Waals surface area contributed by atoms with Crippen LogP contribution < -0.4 is 0 Å². The van der Waals surface area contributed by atoms with Crippen molar-refractivity contribution >= 4 is 11.6 Å². The quantitative estimate of drug-likeness (QED) is 0.696. The van der Waals surface area contributed by atoms with Crippen molar-refractivity contribution in [3.63, 3.8) is 0 Å². The van der Waals surface area contributed by atoms with E-state index in [0.29, 0.717) is 5.56 Å². The van der Waals surface area contributed by atoms with Crippen LogP contribution in [-0.4, -0.2) is 0 Å². The summed E-state index contributed by atoms with van der Waals surface area (Å²) in [5, 5.41) is 26.3. The largest absolute Gasteiger partial charge is 0.192 e. The van der Waals surface area contributed by atoms with E-state index in [-0.39, 0.29) is 11.1 Å². The van der Waals surface area contributed by atoms with E-state index in [4.69, 9.17) is 15.8 Å². The molecule has 3 heteroatoms. The average Bonchev–Trinajstić information content (AvgIpc) is 2.36. The first kappa shape index (κ1) is 11.2. The fourth-order valence-corrected chi connectivity index (χ4v) is 1.19. The van der Waals surface area contributed by atoms with Gasteiger partial charge in [0.2, 0.25) is 0 Å². The van der Waals surface area contributed by atoms with Gasteiger partial charge in [-0.3, -0.25) is 0 Å². The molecule has 0 atom stereocenters. The Morgan fingerprint density at radius 3 is 1.94 bits per heavy atom. The summed E-state index contributed by atoms with van der Waals surface area (Å²) in [6.07, 6.45) is 1.68. The molecule has 0 unspecified atom stereocenters. The molecule has 3 nitrogen and oxygen atoms in total. The van der Waals surface area contributed by atoms with Crippen LogP contribution in [0.2, 0.25) is 0 Å². The monoisotopic (exact) mass is 205 g/mol. The van der Waals surface area contributed by atoms with Gasteiger partial charge in [-0.25, -0.2) is 0 Å². The fourth-order valence-electron chi connectivity index (χ4n) is 1.19. The van der Waals surface area contributed by atoms with Gasteiger partial charge in [0, 0.05) is 0 Å². The van der Waals surface area contributed by atoms with Crippen LogP contribution in [0.5, 0.6) is 0 Å². The molecule has 0 aliphatic heterocycles. The Bertz CT molecular complexity index is 541. The molecule has 1 aromatic rings. The summed E-state index contributed by atoms with van der Waals surface area (Å²) in [4.78, 5) is 0. The van der Waals surface area contributed by atoms with Crippen molar-refractivity contribution in [1.29, 1.82) is 15.8 Å². The van der Waals surface area contributed by atoms with Crippen molar-refractivity contribution in [2.45, 2.75) is 0 Å². The van der Waals surface area contributed by atoms with Crippen LogP contribution >= 0.6 is 0 Å². The highest BCUT2D eigenvalue weighted by molar-refractivity contribution is 5.84.